The molecule has 1 aromatic carbocycles. The van der Waals surface area contributed by atoms with Gasteiger partial charge in [0.15, 0.2) is 0 Å². The SMILES string of the molecule is CCOC1CCCN(c2cc(Br)ccc2CNC2CC2)C1. The standard InChI is InChI=1S/C17H25BrN2O/c1-2-21-16-4-3-9-20(12-16)17-10-14(18)6-5-13(17)11-19-15-7-8-15/h5-6,10,15-16,19H,2-4,7-9,11-12H2,1H3. The summed E-state index contributed by atoms with van der Waals surface area (Å²) in [6.45, 7) is 6.02. The van der Waals surface area contributed by atoms with Gasteiger partial charge in [-0.1, -0.05) is 22.0 Å². The van der Waals surface area contributed by atoms with Crippen molar-refractivity contribution in [3.05, 3.63) is 28.2 Å². The molecule has 0 radical (unpaired) electrons. The smallest absolute Gasteiger partial charge is 0.0750 e. The molecule has 0 spiro atoms. The minimum absolute atomic E-state index is 0.381. The molecule has 4 heteroatoms. The zero-order valence-electron chi connectivity index (χ0n) is 12.8. The Hall–Kier alpha value is -0.580. The van der Waals surface area contributed by atoms with E-state index >= 15 is 0 Å². The number of rotatable bonds is 6. The van der Waals surface area contributed by atoms with Gasteiger partial charge in [0.2, 0.25) is 0 Å². The molecule has 116 valence electrons. The van der Waals surface area contributed by atoms with Crippen molar-refractivity contribution < 1.29 is 4.74 Å². The van der Waals surface area contributed by atoms with E-state index in [9.17, 15) is 0 Å². The number of hydrogen-bond donors (Lipinski definition) is 1. The van der Waals surface area contributed by atoms with Crippen molar-refractivity contribution in [1.82, 2.24) is 5.32 Å². The van der Waals surface area contributed by atoms with Crippen LogP contribution in [0.2, 0.25) is 0 Å². The molecule has 1 saturated heterocycles. The molecule has 3 rings (SSSR count). The predicted molar refractivity (Wildman–Crippen MR) is 90.9 cm³/mol. The lowest BCUT2D eigenvalue weighted by atomic mass is 10.0. The van der Waals surface area contributed by atoms with Gasteiger partial charge in [-0.15, -0.1) is 0 Å². The average molecular weight is 353 g/mol. The molecular weight excluding hydrogens is 328 g/mol. The predicted octanol–water partition coefficient (Wildman–Crippen LogP) is 3.71. The van der Waals surface area contributed by atoms with Crippen LogP contribution >= 0.6 is 15.9 Å². The van der Waals surface area contributed by atoms with E-state index in [0.29, 0.717) is 6.10 Å². The van der Waals surface area contributed by atoms with Crippen LogP contribution in [0.1, 0.15) is 38.2 Å². The van der Waals surface area contributed by atoms with Gasteiger partial charge in [0, 0.05) is 42.4 Å². The summed E-state index contributed by atoms with van der Waals surface area (Å²) in [5, 5.41) is 3.63. The van der Waals surface area contributed by atoms with Crippen molar-refractivity contribution in [3.63, 3.8) is 0 Å². The number of piperidine rings is 1. The number of benzene rings is 1. The van der Waals surface area contributed by atoms with E-state index in [0.717, 1.165) is 36.8 Å². The van der Waals surface area contributed by atoms with E-state index < -0.39 is 0 Å². The van der Waals surface area contributed by atoms with Gasteiger partial charge < -0.3 is 15.0 Å². The Bertz CT molecular complexity index is 474. The van der Waals surface area contributed by atoms with E-state index in [1.54, 1.807) is 0 Å². The third-order valence-electron chi connectivity index (χ3n) is 4.33. The number of hydrogen-bond acceptors (Lipinski definition) is 3. The molecule has 1 atom stereocenters. The van der Waals surface area contributed by atoms with Crippen LogP contribution in [0.15, 0.2) is 22.7 Å². The molecule has 1 aliphatic heterocycles. The lowest BCUT2D eigenvalue weighted by molar-refractivity contribution is 0.0526. The highest BCUT2D eigenvalue weighted by molar-refractivity contribution is 9.10. The Morgan fingerprint density at radius 2 is 2.19 bits per heavy atom. The van der Waals surface area contributed by atoms with Crippen LogP contribution in [-0.4, -0.2) is 31.8 Å². The van der Waals surface area contributed by atoms with Crippen LogP contribution in [0.4, 0.5) is 5.69 Å². The molecule has 0 bridgehead atoms. The fourth-order valence-corrected chi connectivity index (χ4v) is 3.40. The Morgan fingerprint density at radius 3 is 2.95 bits per heavy atom. The molecule has 1 aliphatic carbocycles. The first-order valence-corrected chi connectivity index (χ1v) is 8.94. The van der Waals surface area contributed by atoms with Crippen LogP contribution in [-0.2, 0) is 11.3 Å². The first-order chi connectivity index (χ1) is 10.3. The summed E-state index contributed by atoms with van der Waals surface area (Å²) in [4.78, 5) is 2.50. The van der Waals surface area contributed by atoms with Crippen LogP contribution in [0.3, 0.4) is 0 Å². The van der Waals surface area contributed by atoms with Crippen LogP contribution in [0.25, 0.3) is 0 Å². The van der Waals surface area contributed by atoms with Crippen molar-refractivity contribution >= 4 is 21.6 Å². The Morgan fingerprint density at radius 1 is 1.33 bits per heavy atom. The molecule has 0 aromatic heterocycles. The van der Waals surface area contributed by atoms with Crippen molar-refractivity contribution in [2.45, 2.75) is 51.3 Å². The quantitative estimate of drug-likeness (QED) is 0.844. The van der Waals surface area contributed by atoms with E-state index in [1.807, 2.05) is 0 Å². The Labute approximate surface area is 136 Å². The first kappa shape index (κ1) is 15.3. The Kier molecular flexibility index (Phi) is 5.19. The molecule has 21 heavy (non-hydrogen) atoms. The van der Waals surface area contributed by atoms with Gasteiger partial charge in [-0.3, -0.25) is 0 Å². The largest absolute Gasteiger partial charge is 0.377 e. The summed E-state index contributed by atoms with van der Waals surface area (Å²) in [7, 11) is 0. The highest BCUT2D eigenvalue weighted by atomic mass is 79.9. The Balaban J connectivity index is 1.73. The second-order valence-corrected chi connectivity index (χ2v) is 7.01. The molecule has 1 saturated carbocycles. The number of halogens is 1. The van der Waals surface area contributed by atoms with Crippen LogP contribution in [0.5, 0.6) is 0 Å². The minimum atomic E-state index is 0.381. The molecule has 1 unspecified atom stereocenters. The van der Waals surface area contributed by atoms with Crippen LogP contribution < -0.4 is 10.2 Å². The summed E-state index contributed by atoms with van der Waals surface area (Å²) in [5.74, 6) is 0. The maximum absolute atomic E-state index is 5.84. The molecule has 2 aliphatic rings. The summed E-state index contributed by atoms with van der Waals surface area (Å²) in [5.41, 5.74) is 2.77. The normalized spacial score (nSPS) is 22.6. The summed E-state index contributed by atoms with van der Waals surface area (Å²) in [6.07, 6.45) is 5.46. The van der Waals surface area contributed by atoms with Gasteiger partial charge >= 0.3 is 0 Å². The number of nitrogens with zero attached hydrogens (tertiary/aromatic N) is 1. The fourth-order valence-electron chi connectivity index (χ4n) is 3.05. The molecule has 1 N–H and O–H groups in total. The van der Waals surface area contributed by atoms with Gasteiger partial charge in [0.1, 0.15) is 0 Å². The summed E-state index contributed by atoms with van der Waals surface area (Å²) >= 11 is 3.62. The monoisotopic (exact) mass is 352 g/mol. The second-order valence-electron chi connectivity index (χ2n) is 6.09. The van der Waals surface area contributed by atoms with Crippen molar-refractivity contribution in [3.8, 4) is 0 Å². The van der Waals surface area contributed by atoms with Crippen molar-refractivity contribution in [2.75, 3.05) is 24.6 Å². The molecule has 0 amide bonds. The third kappa shape index (κ3) is 4.21. The number of anilines is 1. The summed E-state index contributed by atoms with van der Waals surface area (Å²) < 4.78 is 7.00. The zero-order valence-corrected chi connectivity index (χ0v) is 14.4. The second kappa shape index (κ2) is 7.12. The highest BCUT2D eigenvalue weighted by Crippen LogP contribution is 2.29. The lowest BCUT2D eigenvalue weighted by Crippen LogP contribution is -2.40. The van der Waals surface area contributed by atoms with E-state index in [-0.39, 0.29) is 0 Å². The average Bonchev–Trinajstić information content (AvgIpc) is 3.31. The third-order valence-corrected chi connectivity index (χ3v) is 4.82. The molecule has 1 aromatic rings. The van der Waals surface area contributed by atoms with Crippen molar-refractivity contribution in [1.29, 1.82) is 0 Å². The lowest BCUT2D eigenvalue weighted by Gasteiger charge is -2.35. The zero-order chi connectivity index (χ0) is 14.7. The van der Waals surface area contributed by atoms with Gasteiger partial charge in [-0.05, 0) is 50.3 Å². The van der Waals surface area contributed by atoms with Crippen LogP contribution in [0, 0.1) is 0 Å². The minimum Gasteiger partial charge on any atom is -0.377 e. The van der Waals surface area contributed by atoms with Gasteiger partial charge in [0.25, 0.3) is 0 Å². The fraction of sp³-hybridized carbons (Fsp3) is 0.647. The van der Waals surface area contributed by atoms with Gasteiger partial charge in [0.05, 0.1) is 6.10 Å². The highest BCUT2D eigenvalue weighted by Gasteiger charge is 2.24. The van der Waals surface area contributed by atoms with Gasteiger partial charge in [-0.25, -0.2) is 0 Å². The maximum Gasteiger partial charge on any atom is 0.0750 e. The van der Waals surface area contributed by atoms with E-state index in [2.05, 4.69) is 51.3 Å². The van der Waals surface area contributed by atoms with Crippen molar-refractivity contribution in [2.24, 2.45) is 0 Å². The molecular formula is C17H25BrN2O. The number of nitrogens with one attached hydrogen (secondary N) is 1. The molecule has 1 heterocycles. The molecule has 3 nitrogen and oxygen atoms in total. The first-order valence-electron chi connectivity index (χ1n) is 8.14. The maximum atomic E-state index is 5.84. The van der Waals surface area contributed by atoms with Gasteiger partial charge in [-0.2, -0.15) is 0 Å². The topological polar surface area (TPSA) is 24.5 Å². The van der Waals surface area contributed by atoms with E-state index in [4.69, 9.17) is 4.74 Å². The number of ether oxygens (including phenoxy) is 1. The molecule has 2 fully saturated rings. The van der Waals surface area contributed by atoms with E-state index in [1.165, 1.54) is 36.9 Å². The summed E-state index contributed by atoms with van der Waals surface area (Å²) in [6, 6.07) is 7.41.